The number of aryl methyl sites for hydroxylation is 3. The molecular formula is C14H17ClFN3. The Labute approximate surface area is 117 Å². The van der Waals surface area contributed by atoms with Crippen LogP contribution in [0, 0.1) is 12.7 Å². The van der Waals surface area contributed by atoms with Crippen LogP contribution < -0.4 is 5.32 Å². The molecule has 2 aromatic rings. The first kappa shape index (κ1) is 13.9. The van der Waals surface area contributed by atoms with Crippen LogP contribution in [0.15, 0.2) is 18.2 Å². The summed E-state index contributed by atoms with van der Waals surface area (Å²) in [6.07, 6.45) is 0.783. The Balaban J connectivity index is 2.19. The van der Waals surface area contributed by atoms with Crippen molar-refractivity contribution in [1.29, 1.82) is 0 Å². The molecule has 0 saturated heterocycles. The average Bonchev–Trinajstić information content (AvgIpc) is 2.66. The number of hydrogen-bond donors (Lipinski definition) is 1. The molecule has 1 aromatic heterocycles. The van der Waals surface area contributed by atoms with Gasteiger partial charge in [0.25, 0.3) is 0 Å². The van der Waals surface area contributed by atoms with Crippen LogP contribution >= 0.6 is 11.6 Å². The molecule has 0 atom stereocenters. The monoisotopic (exact) mass is 281 g/mol. The van der Waals surface area contributed by atoms with Gasteiger partial charge in [0.05, 0.1) is 28.6 Å². The second-order valence-corrected chi connectivity index (χ2v) is 4.90. The van der Waals surface area contributed by atoms with Crippen molar-refractivity contribution in [1.82, 2.24) is 9.78 Å². The molecule has 1 aromatic carbocycles. The third-order valence-electron chi connectivity index (χ3n) is 3.07. The fourth-order valence-electron chi connectivity index (χ4n) is 1.97. The Morgan fingerprint density at radius 3 is 2.79 bits per heavy atom. The van der Waals surface area contributed by atoms with Crippen LogP contribution in [0.3, 0.4) is 0 Å². The molecule has 2 rings (SSSR count). The van der Waals surface area contributed by atoms with Gasteiger partial charge < -0.3 is 5.32 Å². The summed E-state index contributed by atoms with van der Waals surface area (Å²) in [5.41, 5.74) is 3.22. The predicted molar refractivity (Wildman–Crippen MR) is 76.1 cm³/mol. The maximum Gasteiger partial charge on any atom is 0.146 e. The smallest absolute Gasteiger partial charge is 0.146 e. The van der Waals surface area contributed by atoms with Gasteiger partial charge in [-0.05, 0) is 31.0 Å². The molecular weight excluding hydrogens is 265 g/mol. The molecule has 0 saturated carbocycles. The number of rotatable bonds is 4. The van der Waals surface area contributed by atoms with Gasteiger partial charge >= 0.3 is 0 Å². The van der Waals surface area contributed by atoms with E-state index < -0.39 is 0 Å². The zero-order chi connectivity index (χ0) is 14.0. The highest BCUT2D eigenvalue weighted by Crippen LogP contribution is 2.23. The lowest BCUT2D eigenvalue weighted by atomic mass is 10.2. The first-order valence-electron chi connectivity index (χ1n) is 6.23. The molecule has 0 fully saturated rings. The van der Waals surface area contributed by atoms with E-state index in [1.54, 1.807) is 16.8 Å². The minimum Gasteiger partial charge on any atom is -0.377 e. The average molecular weight is 282 g/mol. The molecule has 0 unspecified atom stereocenters. The van der Waals surface area contributed by atoms with E-state index in [0.717, 1.165) is 23.4 Å². The van der Waals surface area contributed by atoms with Crippen molar-refractivity contribution in [3.05, 3.63) is 46.0 Å². The Bertz CT molecular complexity index is 593. The van der Waals surface area contributed by atoms with Crippen LogP contribution in [0.1, 0.15) is 23.9 Å². The van der Waals surface area contributed by atoms with Crippen molar-refractivity contribution in [2.24, 2.45) is 7.05 Å². The van der Waals surface area contributed by atoms with E-state index >= 15 is 0 Å². The van der Waals surface area contributed by atoms with Gasteiger partial charge in [-0.2, -0.15) is 5.10 Å². The zero-order valence-corrected chi connectivity index (χ0v) is 12.1. The standard InChI is InChI=1S/C14H17ClFN3/c1-4-11-14(15)13(19(3)18-11)8-17-12-7-9(2)5-6-10(12)16/h5-7,17H,4,8H2,1-3H3. The second-order valence-electron chi connectivity index (χ2n) is 4.52. The van der Waals surface area contributed by atoms with E-state index in [1.807, 2.05) is 20.9 Å². The molecule has 0 radical (unpaired) electrons. The first-order chi connectivity index (χ1) is 9.02. The highest BCUT2D eigenvalue weighted by molar-refractivity contribution is 6.31. The van der Waals surface area contributed by atoms with Crippen molar-refractivity contribution >= 4 is 17.3 Å². The summed E-state index contributed by atoms with van der Waals surface area (Å²) in [4.78, 5) is 0. The van der Waals surface area contributed by atoms with Gasteiger partial charge in [0.2, 0.25) is 0 Å². The SMILES string of the molecule is CCc1nn(C)c(CNc2cc(C)ccc2F)c1Cl. The third kappa shape index (κ3) is 2.89. The zero-order valence-electron chi connectivity index (χ0n) is 11.3. The predicted octanol–water partition coefficient (Wildman–Crippen LogP) is 3.70. The summed E-state index contributed by atoms with van der Waals surface area (Å²) in [7, 11) is 1.84. The molecule has 1 N–H and O–H groups in total. The van der Waals surface area contributed by atoms with E-state index in [0.29, 0.717) is 17.3 Å². The van der Waals surface area contributed by atoms with E-state index in [1.165, 1.54) is 6.07 Å². The molecule has 0 bridgehead atoms. The van der Waals surface area contributed by atoms with E-state index in [2.05, 4.69) is 10.4 Å². The lowest BCUT2D eigenvalue weighted by molar-refractivity contribution is 0.628. The Morgan fingerprint density at radius 2 is 2.16 bits per heavy atom. The Hall–Kier alpha value is -1.55. The number of aromatic nitrogens is 2. The van der Waals surface area contributed by atoms with Crippen molar-refractivity contribution < 1.29 is 4.39 Å². The molecule has 0 spiro atoms. The van der Waals surface area contributed by atoms with E-state index in [-0.39, 0.29) is 5.82 Å². The van der Waals surface area contributed by atoms with Crippen molar-refractivity contribution in [3.8, 4) is 0 Å². The van der Waals surface area contributed by atoms with Crippen LogP contribution in [0.25, 0.3) is 0 Å². The molecule has 0 aliphatic carbocycles. The Kier molecular flexibility index (Phi) is 4.10. The highest BCUT2D eigenvalue weighted by Gasteiger charge is 2.13. The van der Waals surface area contributed by atoms with Gasteiger partial charge in [-0.15, -0.1) is 0 Å². The van der Waals surface area contributed by atoms with Gasteiger partial charge in [0.15, 0.2) is 0 Å². The van der Waals surface area contributed by atoms with Crippen molar-refractivity contribution in [3.63, 3.8) is 0 Å². The largest absolute Gasteiger partial charge is 0.377 e. The molecule has 0 amide bonds. The molecule has 0 aliphatic heterocycles. The minimum absolute atomic E-state index is 0.264. The fraction of sp³-hybridized carbons (Fsp3) is 0.357. The van der Waals surface area contributed by atoms with Gasteiger partial charge in [0.1, 0.15) is 5.82 Å². The normalized spacial score (nSPS) is 10.8. The van der Waals surface area contributed by atoms with E-state index in [4.69, 9.17) is 11.6 Å². The number of halogens is 2. The van der Waals surface area contributed by atoms with Gasteiger partial charge in [-0.1, -0.05) is 24.6 Å². The summed E-state index contributed by atoms with van der Waals surface area (Å²) in [6.45, 7) is 4.38. The lowest BCUT2D eigenvalue weighted by Crippen LogP contribution is -2.07. The maximum atomic E-state index is 13.6. The molecule has 3 nitrogen and oxygen atoms in total. The number of benzene rings is 1. The molecule has 1 heterocycles. The first-order valence-corrected chi connectivity index (χ1v) is 6.61. The third-order valence-corrected chi connectivity index (χ3v) is 3.51. The number of nitrogens with one attached hydrogen (secondary N) is 1. The number of anilines is 1. The van der Waals surface area contributed by atoms with Crippen LogP contribution in [0.2, 0.25) is 5.02 Å². The Morgan fingerprint density at radius 1 is 1.42 bits per heavy atom. The summed E-state index contributed by atoms with van der Waals surface area (Å²) in [5.74, 6) is -0.264. The summed E-state index contributed by atoms with van der Waals surface area (Å²) < 4.78 is 15.4. The number of nitrogens with zero attached hydrogens (tertiary/aromatic N) is 2. The van der Waals surface area contributed by atoms with Crippen LogP contribution in [0.4, 0.5) is 10.1 Å². The van der Waals surface area contributed by atoms with Crippen molar-refractivity contribution in [2.75, 3.05) is 5.32 Å². The van der Waals surface area contributed by atoms with Crippen molar-refractivity contribution in [2.45, 2.75) is 26.8 Å². The van der Waals surface area contributed by atoms with Gasteiger partial charge in [-0.3, -0.25) is 4.68 Å². The fourth-order valence-corrected chi connectivity index (χ4v) is 2.33. The topological polar surface area (TPSA) is 29.9 Å². The quantitative estimate of drug-likeness (QED) is 0.926. The summed E-state index contributed by atoms with van der Waals surface area (Å²) >= 11 is 6.25. The molecule has 102 valence electrons. The van der Waals surface area contributed by atoms with Crippen LogP contribution in [-0.2, 0) is 20.0 Å². The summed E-state index contributed by atoms with van der Waals surface area (Å²) in [5, 5.41) is 8.06. The highest BCUT2D eigenvalue weighted by atomic mass is 35.5. The van der Waals surface area contributed by atoms with Crippen LogP contribution in [-0.4, -0.2) is 9.78 Å². The summed E-state index contributed by atoms with van der Waals surface area (Å²) in [6, 6.07) is 4.98. The molecule has 19 heavy (non-hydrogen) atoms. The lowest BCUT2D eigenvalue weighted by Gasteiger charge is -2.09. The van der Waals surface area contributed by atoms with Gasteiger partial charge in [0, 0.05) is 7.05 Å². The molecule has 5 heteroatoms. The minimum atomic E-state index is -0.264. The van der Waals surface area contributed by atoms with Crippen LogP contribution in [0.5, 0.6) is 0 Å². The second kappa shape index (κ2) is 5.61. The molecule has 0 aliphatic rings. The van der Waals surface area contributed by atoms with Gasteiger partial charge in [-0.25, -0.2) is 4.39 Å². The maximum absolute atomic E-state index is 13.6. The van der Waals surface area contributed by atoms with E-state index in [9.17, 15) is 4.39 Å². The number of hydrogen-bond acceptors (Lipinski definition) is 2.